The number of nitrogens with two attached hydrogens (primary N) is 1. The lowest BCUT2D eigenvalue weighted by Crippen LogP contribution is -2.45. The summed E-state index contributed by atoms with van der Waals surface area (Å²) in [6, 6.07) is -0.533. The molecule has 0 aliphatic rings. The van der Waals surface area contributed by atoms with Gasteiger partial charge in [0.2, 0.25) is 5.91 Å². The lowest BCUT2D eigenvalue weighted by molar-refractivity contribution is -0.147. The van der Waals surface area contributed by atoms with E-state index in [9.17, 15) is 9.59 Å². The van der Waals surface area contributed by atoms with Crippen molar-refractivity contribution in [2.24, 2.45) is 17.6 Å². The first-order chi connectivity index (χ1) is 7.40. The molecule has 94 valence electrons. The molecule has 0 aromatic heterocycles. The molecule has 3 N–H and O–H groups in total. The summed E-state index contributed by atoms with van der Waals surface area (Å²) in [5, 5.41) is 2.64. The average Bonchev–Trinajstić information content (AvgIpc) is 2.24. The number of amides is 1. The van der Waals surface area contributed by atoms with Gasteiger partial charge in [0, 0.05) is 6.54 Å². The fraction of sp³-hybridized carbons (Fsp3) is 0.818. The van der Waals surface area contributed by atoms with E-state index in [-0.39, 0.29) is 30.3 Å². The van der Waals surface area contributed by atoms with Crippen molar-refractivity contribution in [3.8, 4) is 0 Å². The van der Waals surface area contributed by atoms with Crippen LogP contribution < -0.4 is 11.1 Å². The molecule has 0 heterocycles. The van der Waals surface area contributed by atoms with Gasteiger partial charge in [-0.1, -0.05) is 20.8 Å². The first-order valence-electron chi connectivity index (χ1n) is 5.60. The molecule has 0 aliphatic carbocycles. The standard InChI is InChI=1S/C11H22N2O3/c1-5-16-11(15)8(4)6-13-10(14)9(12)7(2)3/h7-9H,5-6,12H2,1-4H3,(H,13,14)/t8?,9-/m0/s1. The van der Waals surface area contributed by atoms with Gasteiger partial charge in [0.25, 0.3) is 0 Å². The second-order valence-electron chi connectivity index (χ2n) is 4.17. The average molecular weight is 230 g/mol. The van der Waals surface area contributed by atoms with Crippen LogP contribution in [0.1, 0.15) is 27.7 Å². The summed E-state index contributed by atoms with van der Waals surface area (Å²) in [6.45, 7) is 7.82. The highest BCUT2D eigenvalue weighted by Gasteiger charge is 2.19. The molecule has 0 bridgehead atoms. The van der Waals surface area contributed by atoms with E-state index in [1.807, 2.05) is 13.8 Å². The van der Waals surface area contributed by atoms with E-state index in [2.05, 4.69) is 5.32 Å². The zero-order valence-corrected chi connectivity index (χ0v) is 10.4. The van der Waals surface area contributed by atoms with E-state index in [1.54, 1.807) is 13.8 Å². The van der Waals surface area contributed by atoms with E-state index in [0.29, 0.717) is 6.61 Å². The van der Waals surface area contributed by atoms with E-state index in [0.717, 1.165) is 0 Å². The Morgan fingerprint density at radius 2 is 1.88 bits per heavy atom. The third-order valence-electron chi connectivity index (χ3n) is 2.29. The Labute approximate surface area is 96.7 Å². The van der Waals surface area contributed by atoms with Crippen molar-refractivity contribution in [3.63, 3.8) is 0 Å². The summed E-state index contributed by atoms with van der Waals surface area (Å²) in [6.07, 6.45) is 0. The van der Waals surface area contributed by atoms with Gasteiger partial charge in [-0.2, -0.15) is 0 Å². The first-order valence-corrected chi connectivity index (χ1v) is 5.60. The molecular formula is C11H22N2O3. The van der Waals surface area contributed by atoms with E-state index in [1.165, 1.54) is 0 Å². The molecule has 16 heavy (non-hydrogen) atoms. The molecule has 0 aromatic rings. The van der Waals surface area contributed by atoms with E-state index in [4.69, 9.17) is 10.5 Å². The molecule has 0 rings (SSSR count). The Bertz CT molecular complexity index is 241. The molecule has 0 saturated heterocycles. The minimum Gasteiger partial charge on any atom is -0.466 e. The predicted molar refractivity (Wildman–Crippen MR) is 61.6 cm³/mol. The smallest absolute Gasteiger partial charge is 0.310 e. The van der Waals surface area contributed by atoms with Gasteiger partial charge in [0.05, 0.1) is 18.6 Å². The highest BCUT2D eigenvalue weighted by atomic mass is 16.5. The van der Waals surface area contributed by atoms with Crippen molar-refractivity contribution >= 4 is 11.9 Å². The zero-order chi connectivity index (χ0) is 12.7. The van der Waals surface area contributed by atoms with Crippen molar-refractivity contribution in [1.29, 1.82) is 0 Å². The van der Waals surface area contributed by atoms with Crippen LogP contribution >= 0.6 is 0 Å². The Balaban J connectivity index is 3.96. The summed E-state index contributed by atoms with van der Waals surface area (Å²) < 4.78 is 4.82. The van der Waals surface area contributed by atoms with Crippen molar-refractivity contribution in [1.82, 2.24) is 5.32 Å². The van der Waals surface area contributed by atoms with Crippen molar-refractivity contribution in [3.05, 3.63) is 0 Å². The van der Waals surface area contributed by atoms with Crippen molar-refractivity contribution < 1.29 is 14.3 Å². The molecule has 0 aromatic carbocycles. The van der Waals surface area contributed by atoms with Crippen molar-refractivity contribution in [2.75, 3.05) is 13.2 Å². The van der Waals surface area contributed by atoms with Crippen LogP contribution in [0.2, 0.25) is 0 Å². The van der Waals surface area contributed by atoms with Crippen LogP contribution in [0.3, 0.4) is 0 Å². The fourth-order valence-electron chi connectivity index (χ4n) is 1.04. The Hall–Kier alpha value is -1.10. The third kappa shape index (κ3) is 5.11. The topological polar surface area (TPSA) is 81.4 Å². The molecule has 0 radical (unpaired) electrons. The van der Waals surface area contributed by atoms with Crippen LogP contribution in [0.4, 0.5) is 0 Å². The van der Waals surface area contributed by atoms with Gasteiger partial charge < -0.3 is 15.8 Å². The number of hydrogen-bond donors (Lipinski definition) is 2. The van der Waals surface area contributed by atoms with Gasteiger partial charge in [-0.05, 0) is 12.8 Å². The van der Waals surface area contributed by atoms with Gasteiger partial charge in [-0.3, -0.25) is 9.59 Å². The molecule has 0 spiro atoms. The largest absolute Gasteiger partial charge is 0.466 e. The van der Waals surface area contributed by atoms with E-state index >= 15 is 0 Å². The SMILES string of the molecule is CCOC(=O)C(C)CNC(=O)[C@@H](N)C(C)C. The summed E-state index contributed by atoms with van der Waals surface area (Å²) in [7, 11) is 0. The Morgan fingerprint density at radius 3 is 2.31 bits per heavy atom. The number of carbonyl (C=O) groups excluding carboxylic acids is 2. The van der Waals surface area contributed by atoms with Crippen LogP contribution in [0.5, 0.6) is 0 Å². The molecule has 0 fully saturated rings. The fourth-order valence-corrected chi connectivity index (χ4v) is 1.04. The lowest BCUT2D eigenvalue weighted by atomic mass is 10.0. The number of carbonyl (C=O) groups is 2. The number of ether oxygens (including phenoxy) is 1. The van der Waals surface area contributed by atoms with Gasteiger partial charge in [0.15, 0.2) is 0 Å². The second-order valence-corrected chi connectivity index (χ2v) is 4.17. The number of esters is 1. The maximum atomic E-state index is 11.5. The lowest BCUT2D eigenvalue weighted by Gasteiger charge is -2.17. The normalized spacial score (nSPS) is 14.4. The summed E-state index contributed by atoms with van der Waals surface area (Å²) in [5.41, 5.74) is 5.65. The Kier molecular flexibility index (Phi) is 6.72. The summed E-state index contributed by atoms with van der Waals surface area (Å²) in [5.74, 6) is -0.798. The van der Waals surface area contributed by atoms with Crippen LogP contribution in [0, 0.1) is 11.8 Å². The molecule has 5 heteroatoms. The second kappa shape index (κ2) is 7.22. The number of hydrogen-bond acceptors (Lipinski definition) is 4. The zero-order valence-electron chi connectivity index (χ0n) is 10.4. The minimum atomic E-state index is -0.533. The van der Waals surface area contributed by atoms with Gasteiger partial charge in [0.1, 0.15) is 0 Å². The van der Waals surface area contributed by atoms with Gasteiger partial charge in [-0.15, -0.1) is 0 Å². The van der Waals surface area contributed by atoms with Crippen LogP contribution in [-0.2, 0) is 14.3 Å². The van der Waals surface area contributed by atoms with Gasteiger partial charge in [-0.25, -0.2) is 0 Å². The monoisotopic (exact) mass is 230 g/mol. The molecule has 2 atom stereocenters. The predicted octanol–water partition coefficient (Wildman–Crippen LogP) is 0.285. The highest BCUT2D eigenvalue weighted by molar-refractivity contribution is 5.82. The molecule has 0 aliphatic heterocycles. The third-order valence-corrected chi connectivity index (χ3v) is 2.29. The van der Waals surface area contributed by atoms with E-state index < -0.39 is 6.04 Å². The highest BCUT2D eigenvalue weighted by Crippen LogP contribution is 2.00. The quantitative estimate of drug-likeness (QED) is 0.642. The number of nitrogens with one attached hydrogen (secondary N) is 1. The molecule has 5 nitrogen and oxygen atoms in total. The van der Waals surface area contributed by atoms with Crippen LogP contribution in [0.25, 0.3) is 0 Å². The Morgan fingerprint density at radius 1 is 1.31 bits per heavy atom. The summed E-state index contributed by atoms with van der Waals surface area (Å²) in [4.78, 5) is 22.7. The molecule has 0 saturated carbocycles. The maximum Gasteiger partial charge on any atom is 0.310 e. The van der Waals surface area contributed by atoms with Crippen LogP contribution in [-0.4, -0.2) is 31.1 Å². The number of rotatable bonds is 6. The van der Waals surface area contributed by atoms with Crippen LogP contribution in [0.15, 0.2) is 0 Å². The molecule has 1 unspecified atom stereocenters. The molecule has 1 amide bonds. The maximum absolute atomic E-state index is 11.5. The molecular weight excluding hydrogens is 208 g/mol. The minimum absolute atomic E-state index is 0.0814. The summed E-state index contributed by atoms with van der Waals surface area (Å²) >= 11 is 0. The first kappa shape index (κ1) is 14.9. The van der Waals surface area contributed by atoms with Crippen molar-refractivity contribution in [2.45, 2.75) is 33.7 Å². The van der Waals surface area contributed by atoms with Gasteiger partial charge >= 0.3 is 5.97 Å².